The van der Waals surface area contributed by atoms with E-state index in [1.807, 2.05) is 35.8 Å². The molecule has 0 saturated heterocycles. The second-order valence-electron chi connectivity index (χ2n) is 5.76. The topological polar surface area (TPSA) is 73.8 Å². The van der Waals surface area contributed by atoms with Gasteiger partial charge in [-0.1, -0.05) is 29.1 Å². The molecule has 7 heteroatoms. The Bertz CT molecular complexity index is 929. The summed E-state index contributed by atoms with van der Waals surface area (Å²) in [6, 6.07) is 7.75. The highest BCUT2D eigenvalue weighted by atomic mass is 32.2. The molecule has 23 heavy (non-hydrogen) atoms. The molecule has 2 heterocycles. The molecule has 0 aliphatic heterocycles. The average Bonchev–Trinajstić information content (AvgIpc) is 3.27. The summed E-state index contributed by atoms with van der Waals surface area (Å²) in [6.45, 7) is 3.77. The van der Waals surface area contributed by atoms with Crippen molar-refractivity contribution < 1.29 is 4.52 Å². The van der Waals surface area contributed by atoms with Crippen molar-refractivity contribution in [1.29, 1.82) is 0 Å². The van der Waals surface area contributed by atoms with Gasteiger partial charge in [-0.05, 0) is 38.8 Å². The van der Waals surface area contributed by atoms with E-state index in [2.05, 4.69) is 10.1 Å². The fourth-order valence-corrected chi connectivity index (χ4v) is 3.56. The van der Waals surface area contributed by atoms with Crippen LogP contribution in [-0.4, -0.2) is 19.7 Å². The second-order valence-corrected chi connectivity index (χ2v) is 7.07. The molecule has 0 radical (unpaired) electrons. The number of thioether (sulfide) groups is 1. The minimum absolute atomic E-state index is 0.0366. The van der Waals surface area contributed by atoms with Gasteiger partial charge in [0.2, 0.25) is 5.89 Å². The first kappa shape index (κ1) is 14.4. The molecule has 1 fully saturated rings. The van der Waals surface area contributed by atoms with E-state index >= 15 is 0 Å². The summed E-state index contributed by atoms with van der Waals surface area (Å²) in [7, 11) is 0. The van der Waals surface area contributed by atoms with E-state index in [0.29, 0.717) is 17.1 Å². The Morgan fingerprint density at radius 1 is 1.30 bits per heavy atom. The van der Waals surface area contributed by atoms with Crippen molar-refractivity contribution in [2.24, 2.45) is 0 Å². The van der Waals surface area contributed by atoms with Crippen LogP contribution in [0.25, 0.3) is 10.9 Å². The van der Waals surface area contributed by atoms with Crippen molar-refractivity contribution in [3.05, 3.63) is 46.3 Å². The lowest BCUT2D eigenvalue weighted by Crippen LogP contribution is -2.22. The third-order valence-corrected chi connectivity index (χ3v) is 4.91. The summed E-state index contributed by atoms with van der Waals surface area (Å²) in [6.07, 6.45) is 2.06. The van der Waals surface area contributed by atoms with Crippen LogP contribution in [0.15, 0.2) is 38.7 Å². The summed E-state index contributed by atoms with van der Waals surface area (Å²) in [5.74, 6) is 1.16. The largest absolute Gasteiger partial charge is 0.338 e. The van der Waals surface area contributed by atoms with E-state index in [9.17, 15) is 4.79 Å². The molecule has 1 aromatic carbocycles. The number of para-hydroxylation sites is 1. The van der Waals surface area contributed by atoms with Gasteiger partial charge in [-0.2, -0.15) is 4.98 Å². The Morgan fingerprint density at radius 2 is 2.09 bits per heavy atom. The molecular weight excluding hydrogens is 312 g/mol. The Balaban J connectivity index is 1.79. The highest BCUT2D eigenvalue weighted by Gasteiger charge is 2.29. The van der Waals surface area contributed by atoms with E-state index in [-0.39, 0.29) is 16.9 Å². The zero-order valence-corrected chi connectivity index (χ0v) is 13.7. The predicted molar refractivity (Wildman–Crippen MR) is 87.6 cm³/mol. The van der Waals surface area contributed by atoms with E-state index in [1.54, 1.807) is 6.92 Å². The molecule has 0 N–H and O–H groups in total. The van der Waals surface area contributed by atoms with Crippen LogP contribution in [0.3, 0.4) is 0 Å². The number of benzene rings is 1. The molecule has 118 valence electrons. The first-order valence-electron chi connectivity index (χ1n) is 7.61. The summed E-state index contributed by atoms with van der Waals surface area (Å²) in [5, 5.41) is 5.16. The number of nitrogens with zero attached hydrogens (tertiary/aromatic N) is 4. The maximum absolute atomic E-state index is 12.8. The molecule has 2 aromatic heterocycles. The zero-order chi connectivity index (χ0) is 16.0. The molecule has 0 amide bonds. The van der Waals surface area contributed by atoms with Crippen LogP contribution in [0.1, 0.15) is 42.8 Å². The van der Waals surface area contributed by atoms with E-state index in [1.165, 1.54) is 11.8 Å². The number of rotatable bonds is 4. The summed E-state index contributed by atoms with van der Waals surface area (Å²) < 4.78 is 7.06. The van der Waals surface area contributed by atoms with Gasteiger partial charge < -0.3 is 4.52 Å². The highest BCUT2D eigenvalue weighted by molar-refractivity contribution is 7.99. The van der Waals surface area contributed by atoms with E-state index in [0.717, 1.165) is 23.5 Å². The molecular formula is C16H16N4O2S. The van der Waals surface area contributed by atoms with E-state index in [4.69, 9.17) is 9.51 Å². The molecule has 0 spiro atoms. The van der Waals surface area contributed by atoms with Crippen LogP contribution < -0.4 is 5.56 Å². The van der Waals surface area contributed by atoms with Crippen LogP contribution in [-0.2, 0) is 0 Å². The normalized spacial score (nSPS) is 15.9. The van der Waals surface area contributed by atoms with Crippen LogP contribution in [0.5, 0.6) is 0 Å². The average molecular weight is 328 g/mol. The van der Waals surface area contributed by atoms with Crippen molar-refractivity contribution in [2.75, 3.05) is 0 Å². The number of aromatic nitrogens is 4. The van der Waals surface area contributed by atoms with Crippen LogP contribution in [0, 0.1) is 6.92 Å². The fourth-order valence-electron chi connectivity index (χ4n) is 2.55. The van der Waals surface area contributed by atoms with Gasteiger partial charge in [-0.3, -0.25) is 9.36 Å². The van der Waals surface area contributed by atoms with Crippen molar-refractivity contribution in [2.45, 2.75) is 43.1 Å². The Hall–Kier alpha value is -2.15. The minimum Gasteiger partial charge on any atom is -0.338 e. The highest BCUT2D eigenvalue weighted by Crippen LogP contribution is 2.40. The Kier molecular flexibility index (Phi) is 3.45. The van der Waals surface area contributed by atoms with Crippen molar-refractivity contribution >= 4 is 22.7 Å². The smallest absolute Gasteiger partial charge is 0.262 e. The van der Waals surface area contributed by atoms with Crippen LogP contribution in [0.4, 0.5) is 0 Å². The molecule has 3 aromatic rings. The molecule has 6 nitrogen and oxygen atoms in total. The van der Waals surface area contributed by atoms with Gasteiger partial charge in [0.25, 0.3) is 5.56 Å². The number of hydrogen-bond donors (Lipinski definition) is 0. The molecule has 1 saturated carbocycles. The first-order chi connectivity index (χ1) is 11.1. The predicted octanol–water partition coefficient (Wildman–Crippen LogP) is 3.28. The molecule has 1 unspecified atom stereocenters. The second kappa shape index (κ2) is 5.49. The lowest BCUT2D eigenvalue weighted by Gasteiger charge is -2.14. The zero-order valence-electron chi connectivity index (χ0n) is 12.9. The summed E-state index contributed by atoms with van der Waals surface area (Å²) in [4.78, 5) is 21.8. The van der Waals surface area contributed by atoms with Gasteiger partial charge >= 0.3 is 0 Å². The molecule has 1 aliphatic carbocycles. The third-order valence-electron chi connectivity index (χ3n) is 3.86. The number of fused-ring (bicyclic) bond motifs is 1. The van der Waals surface area contributed by atoms with Gasteiger partial charge in [-0.15, -0.1) is 0 Å². The van der Waals surface area contributed by atoms with E-state index < -0.39 is 0 Å². The summed E-state index contributed by atoms with van der Waals surface area (Å²) in [5.41, 5.74) is 0.764. The molecule has 1 atom stereocenters. The fraction of sp³-hybridized carbons (Fsp3) is 0.375. The van der Waals surface area contributed by atoms with Crippen LogP contribution >= 0.6 is 11.8 Å². The summed E-state index contributed by atoms with van der Waals surface area (Å²) >= 11 is 1.49. The molecule has 4 rings (SSSR count). The number of hydrogen-bond acceptors (Lipinski definition) is 6. The minimum atomic E-state index is -0.0609. The van der Waals surface area contributed by atoms with Crippen molar-refractivity contribution in [3.63, 3.8) is 0 Å². The van der Waals surface area contributed by atoms with Gasteiger partial charge in [0.1, 0.15) is 0 Å². The molecule has 1 aliphatic rings. The SMILES string of the molecule is Cc1noc(C(C)Sc2nc3ccccc3c(=O)n2C2CC2)n1. The van der Waals surface area contributed by atoms with Crippen LogP contribution in [0.2, 0.25) is 0 Å². The van der Waals surface area contributed by atoms with Crippen molar-refractivity contribution in [3.8, 4) is 0 Å². The quantitative estimate of drug-likeness (QED) is 0.540. The Morgan fingerprint density at radius 3 is 2.78 bits per heavy atom. The standard InChI is InChI=1S/C16H16N4O2S/c1-9(14-17-10(2)19-22-14)23-16-18-13-6-4-3-5-12(13)15(21)20(16)11-7-8-11/h3-6,9,11H,7-8H2,1-2H3. The monoisotopic (exact) mass is 328 g/mol. The maximum Gasteiger partial charge on any atom is 0.262 e. The van der Waals surface area contributed by atoms with Gasteiger partial charge in [0.15, 0.2) is 11.0 Å². The third kappa shape index (κ3) is 2.65. The molecule has 0 bridgehead atoms. The van der Waals surface area contributed by atoms with Gasteiger partial charge in [-0.25, -0.2) is 4.98 Å². The maximum atomic E-state index is 12.8. The first-order valence-corrected chi connectivity index (χ1v) is 8.49. The van der Waals surface area contributed by atoms with Gasteiger partial charge in [0.05, 0.1) is 16.2 Å². The number of aryl methyl sites for hydroxylation is 1. The lowest BCUT2D eigenvalue weighted by molar-refractivity contribution is 0.376. The lowest BCUT2D eigenvalue weighted by atomic mass is 10.2. The van der Waals surface area contributed by atoms with Gasteiger partial charge in [0, 0.05) is 6.04 Å². The Labute approximate surface area is 136 Å². The van der Waals surface area contributed by atoms with Crippen molar-refractivity contribution in [1.82, 2.24) is 19.7 Å².